The number of ether oxygens (including phenoxy) is 1. The Balaban J connectivity index is 1.18. The van der Waals surface area contributed by atoms with E-state index in [4.69, 9.17) is 9.15 Å². The van der Waals surface area contributed by atoms with Gasteiger partial charge in [0.25, 0.3) is 0 Å². The number of fused-ring (bicyclic) bond motifs is 6. The number of rotatable bonds is 3. The van der Waals surface area contributed by atoms with E-state index in [1.807, 2.05) is 30.3 Å². The highest BCUT2D eigenvalue weighted by molar-refractivity contribution is 6.09. The smallest absolute Gasteiger partial charge is 0.196 e. The Morgan fingerprint density at radius 3 is 2.29 bits per heavy atom. The lowest BCUT2D eigenvalue weighted by molar-refractivity contribution is 0.260. The van der Waals surface area contributed by atoms with Crippen LogP contribution < -0.4 is 10.1 Å². The van der Waals surface area contributed by atoms with E-state index in [1.165, 1.54) is 16.5 Å². The fourth-order valence-electron chi connectivity index (χ4n) is 5.64. The largest absolute Gasteiger partial charge is 0.464 e. The molecule has 2 heterocycles. The number of nitrogens with one attached hydrogen (secondary N) is 1. The Hall–Kier alpha value is -5.02. The summed E-state index contributed by atoms with van der Waals surface area (Å²) < 4.78 is 12.5. The second kappa shape index (κ2) is 8.25. The van der Waals surface area contributed by atoms with Crippen LogP contribution in [0.5, 0.6) is 5.75 Å². The first-order valence-corrected chi connectivity index (χ1v) is 12.9. The monoisotopic (exact) mass is 489 g/mol. The molecule has 0 fully saturated rings. The van der Waals surface area contributed by atoms with Gasteiger partial charge in [0.2, 0.25) is 0 Å². The Bertz CT molecular complexity index is 1990. The first-order chi connectivity index (χ1) is 18.8. The SMILES string of the molecule is c1ccc(C2Nc3c(ccc4cc(-c5cccc(-c6cccc7c6oc6ccccc67)c5)ccc34)O2)cc1. The molecule has 8 rings (SSSR count). The lowest BCUT2D eigenvalue weighted by atomic mass is 9.96. The molecule has 1 atom stereocenters. The number of furan rings is 1. The van der Waals surface area contributed by atoms with E-state index in [9.17, 15) is 0 Å². The molecule has 38 heavy (non-hydrogen) atoms. The van der Waals surface area contributed by atoms with Crippen molar-refractivity contribution in [3.8, 4) is 28.0 Å². The molecule has 0 saturated carbocycles. The highest BCUT2D eigenvalue weighted by atomic mass is 16.5. The first-order valence-electron chi connectivity index (χ1n) is 12.9. The Morgan fingerprint density at radius 1 is 0.553 bits per heavy atom. The molecule has 6 aromatic carbocycles. The van der Waals surface area contributed by atoms with Gasteiger partial charge in [-0.2, -0.15) is 0 Å². The average Bonchev–Trinajstić information content (AvgIpc) is 3.60. The zero-order chi connectivity index (χ0) is 25.1. The fraction of sp³-hybridized carbons (Fsp3) is 0.0286. The van der Waals surface area contributed by atoms with E-state index in [0.29, 0.717) is 0 Å². The van der Waals surface area contributed by atoms with Crippen molar-refractivity contribution in [1.82, 2.24) is 0 Å². The fourth-order valence-corrected chi connectivity index (χ4v) is 5.64. The van der Waals surface area contributed by atoms with Gasteiger partial charge in [0.05, 0.1) is 5.69 Å². The van der Waals surface area contributed by atoms with E-state index < -0.39 is 0 Å². The topological polar surface area (TPSA) is 34.4 Å². The van der Waals surface area contributed by atoms with Gasteiger partial charge in [-0.05, 0) is 46.3 Å². The van der Waals surface area contributed by atoms with Crippen molar-refractivity contribution in [2.45, 2.75) is 6.23 Å². The molecule has 0 saturated heterocycles. The molecule has 1 aromatic heterocycles. The normalized spacial score (nSPS) is 14.5. The minimum Gasteiger partial charge on any atom is -0.464 e. The molecule has 3 nitrogen and oxygen atoms in total. The number of para-hydroxylation sites is 2. The van der Waals surface area contributed by atoms with Gasteiger partial charge in [-0.1, -0.05) is 103 Å². The number of hydrogen-bond acceptors (Lipinski definition) is 3. The molecule has 1 unspecified atom stereocenters. The molecule has 0 radical (unpaired) electrons. The molecule has 1 aliphatic heterocycles. The molecular formula is C35H23NO2. The second-order valence-corrected chi connectivity index (χ2v) is 9.79. The minimum atomic E-state index is -0.172. The molecule has 180 valence electrons. The molecule has 0 spiro atoms. The lowest BCUT2D eigenvalue weighted by Gasteiger charge is -2.11. The van der Waals surface area contributed by atoms with Gasteiger partial charge >= 0.3 is 0 Å². The minimum absolute atomic E-state index is 0.172. The van der Waals surface area contributed by atoms with Gasteiger partial charge in [0.1, 0.15) is 16.9 Å². The van der Waals surface area contributed by atoms with E-state index >= 15 is 0 Å². The van der Waals surface area contributed by atoms with Crippen molar-refractivity contribution in [2.24, 2.45) is 0 Å². The van der Waals surface area contributed by atoms with Gasteiger partial charge < -0.3 is 14.5 Å². The summed E-state index contributed by atoms with van der Waals surface area (Å²) in [5, 5.41) is 8.21. The predicted molar refractivity (Wildman–Crippen MR) is 156 cm³/mol. The highest BCUT2D eigenvalue weighted by Crippen LogP contribution is 2.44. The van der Waals surface area contributed by atoms with Crippen LogP contribution in [-0.4, -0.2) is 0 Å². The molecular weight excluding hydrogens is 466 g/mol. The van der Waals surface area contributed by atoms with Crippen LogP contribution in [0.1, 0.15) is 11.8 Å². The van der Waals surface area contributed by atoms with E-state index in [0.717, 1.165) is 55.5 Å². The first kappa shape index (κ1) is 21.1. The third kappa shape index (κ3) is 3.29. The standard InChI is InChI=1S/C35H23NO2/c1-2-8-22(9-3-1)35-36-33-27-18-16-24(21-26(27)17-19-32(33)38-35)23-10-6-11-25(20-23)28-13-7-14-30-29-12-4-5-15-31(29)37-34(28)30/h1-21,35-36H. The summed E-state index contributed by atoms with van der Waals surface area (Å²) in [6.45, 7) is 0. The molecule has 1 N–H and O–H groups in total. The second-order valence-electron chi connectivity index (χ2n) is 9.79. The van der Waals surface area contributed by atoms with Crippen molar-refractivity contribution in [3.05, 3.63) is 133 Å². The molecule has 7 aromatic rings. The van der Waals surface area contributed by atoms with E-state index in [-0.39, 0.29) is 6.23 Å². The summed E-state index contributed by atoms with van der Waals surface area (Å²) >= 11 is 0. The molecule has 1 aliphatic rings. The van der Waals surface area contributed by atoms with Crippen molar-refractivity contribution in [3.63, 3.8) is 0 Å². The maximum atomic E-state index is 6.31. The van der Waals surface area contributed by atoms with Crippen LogP contribution in [0.3, 0.4) is 0 Å². The zero-order valence-corrected chi connectivity index (χ0v) is 20.5. The number of hydrogen-bond donors (Lipinski definition) is 1. The summed E-state index contributed by atoms with van der Waals surface area (Å²) in [5.41, 5.74) is 8.60. The van der Waals surface area contributed by atoms with Crippen LogP contribution in [0.25, 0.3) is 55.0 Å². The average molecular weight is 490 g/mol. The summed E-state index contributed by atoms with van der Waals surface area (Å²) in [4.78, 5) is 0. The maximum Gasteiger partial charge on any atom is 0.196 e. The summed E-state index contributed by atoms with van der Waals surface area (Å²) in [7, 11) is 0. The van der Waals surface area contributed by atoms with Crippen LogP contribution in [0.15, 0.2) is 132 Å². The van der Waals surface area contributed by atoms with Gasteiger partial charge in [-0.25, -0.2) is 0 Å². The van der Waals surface area contributed by atoms with Crippen LogP contribution in [-0.2, 0) is 0 Å². The predicted octanol–water partition coefficient (Wildman–Crippen LogP) is 9.58. The van der Waals surface area contributed by atoms with Gasteiger partial charge in [-0.3, -0.25) is 0 Å². The summed E-state index contributed by atoms with van der Waals surface area (Å²) in [6.07, 6.45) is -0.172. The zero-order valence-electron chi connectivity index (χ0n) is 20.5. The maximum absolute atomic E-state index is 6.31. The molecule has 3 heteroatoms. The quantitative estimate of drug-likeness (QED) is 0.268. The van der Waals surface area contributed by atoms with Crippen LogP contribution in [0.2, 0.25) is 0 Å². The molecule has 0 aliphatic carbocycles. The Labute approximate surface area is 219 Å². The highest BCUT2D eigenvalue weighted by Gasteiger charge is 2.25. The van der Waals surface area contributed by atoms with Crippen molar-refractivity contribution in [2.75, 3.05) is 5.32 Å². The summed E-state index contributed by atoms with van der Waals surface area (Å²) in [6, 6.07) is 44.4. The van der Waals surface area contributed by atoms with Gasteiger partial charge in [0, 0.05) is 27.3 Å². The number of benzene rings is 6. The Morgan fingerprint density at radius 2 is 1.34 bits per heavy atom. The van der Waals surface area contributed by atoms with Crippen molar-refractivity contribution >= 4 is 38.4 Å². The van der Waals surface area contributed by atoms with Crippen molar-refractivity contribution in [1.29, 1.82) is 0 Å². The molecule has 0 bridgehead atoms. The summed E-state index contributed by atoms with van der Waals surface area (Å²) in [5.74, 6) is 0.889. The van der Waals surface area contributed by atoms with Crippen LogP contribution in [0.4, 0.5) is 5.69 Å². The lowest BCUT2D eigenvalue weighted by Crippen LogP contribution is -2.09. The van der Waals surface area contributed by atoms with Crippen LogP contribution in [0, 0.1) is 0 Å². The molecule has 0 amide bonds. The van der Waals surface area contributed by atoms with E-state index in [2.05, 4.69) is 102 Å². The van der Waals surface area contributed by atoms with Gasteiger partial charge in [0.15, 0.2) is 6.23 Å². The van der Waals surface area contributed by atoms with Crippen LogP contribution >= 0.6 is 0 Å². The van der Waals surface area contributed by atoms with Crippen molar-refractivity contribution < 1.29 is 9.15 Å². The Kier molecular flexibility index (Phi) is 4.58. The van der Waals surface area contributed by atoms with Gasteiger partial charge in [-0.15, -0.1) is 0 Å². The number of anilines is 1. The third-order valence-corrected chi connectivity index (χ3v) is 7.52. The third-order valence-electron chi connectivity index (χ3n) is 7.52. The van der Waals surface area contributed by atoms with E-state index in [1.54, 1.807) is 0 Å².